The molecule has 144 valence electrons. The molecular formula is C22H23N3O2S. The Morgan fingerprint density at radius 2 is 2.00 bits per heavy atom. The lowest BCUT2D eigenvalue weighted by Crippen LogP contribution is -2.09. The maximum Gasteiger partial charge on any atom is 0.307 e. The molecule has 3 aromatic rings. The number of aromatic nitrogens is 2. The molecule has 0 fully saturated rings. The molecule has 2 heterocycles. The Kier molecular flexibility index (Phi) is 6.21. The highest BCUT2D eigenvalue weighted by Gasteiger charge is 2.17. The average Bonchev–Trinajstić information content (AvgIpc) is 3.19. The van der Waals surface area contributed by atoms with Crippen LogP contribution in [0.2, 0.25) is 0 Å². The van der Waals surface area contributed by atoms with E-state index in [1.165, 1.54) is 0 Å². The first kappa shape index (κ1) is 19.8. The molecule has 6 heteroatoms. The van der Waals surface area contributed by atoms with Crippen molar-refractivity contribution in [2.45, 2.75) is 32.6 Å². The number of hydrogen-bond acceptors (Lipinski definition) is 5. The van der Waals surface area contributed by atoms with Crippen molar-refractivity contribution in [2.75, 3.05) is 5.32 Å². The second-order valence-electron chi connectivity index (χ2n) is 6.81. The van der Waals surface area contributed by atoms with Crippen molar-refractivity contribution in [3.05, 3.63) is 70.6 Å². The predicted octanol–water partition coefficient (Wildman–Crippen LogP) is 5.43. The van der Waals surface area contributed by atoms with Crippen LogP contribution in [0.4, 0.5) is 11.5 Å². The Morgan fingerprint density at radius 1 is 1.25 bits per heavy atom. The number of benzene rings is 1. The van der Waals surface area contributed by atoms with Gasteiger partial charge in [0.25, 0.3) is 0 Å². The molecule has 5 nitrogen and oxygen atoms in total. The van der Waals surface area contributed by atoms with E-state index >= 15 is 0 Å². The summed E-state index contributed by atoms with van der Waals surface area (Å²) < 4.78 is 0. The number of carboxylic acids is 1. The Balaban J connectivity index is 2.02. The molecule has 0 atom stereocenters. The molecule has 2 aromatic heterocycles. The van der Waals surface area contributed by atoms with Gasteiger partial charge in [-0.3, -0.25) is 4.79 Å². The van der Waals surface area contributed by atoms with Crippen molar-refractivity contribution >= 4 is 28.8 Å². The maximum absolute atomic E-state index is 10.9. The predicted molar refractivity (Wildman–Crippen MR) is 114 cm³/mol. The SMILES string of the molecule is C=CCc1c(Nc2ccc(CC(=O)O)cc2)nc(-c2ccsc2)nc1C(C)C. The first-order valence-corrected chi connectivity index (χ1v) is 10.0. The molecule has 0 radical (unpaired) electrons. The van der Waals surface area contributed by atoms with Gasteiger partial charge in [0.15, 0.2) is 5.82 Å². The Hall–Kier alpha value is -2.99. The zero-order valence-electron chi connectivity index (χ0n) is 16.0. The van der Waals surface area contributed by atoms with Crippen LogP contribution in [0, 0.1) is 0 Å². The molecule has 0 aliphatic rings. The third-order valence-corrected chi connectivity index (χ3v) is 4.97. The van der Waals surface area contributed by atoms with Crippen LogP contribution in [0.5, 0.6) is 0 Å². The number of thiophene rings is 1. The van der Waals surface area contributed by atoms with E-state index < -0.39 is 5.97 Å². The van der Waals surface area contributed by atoms with Crippen LogP contribution in [0.1, 0.15) is 36.6 Å². The molecule has 0 aliphatic heterocycles. The first-order chi connectivity index (χ1) is 13.5. The molecule has 1 aromatic carbocycles. The van der Waals surface area contributed by atoms with Gasteiger partial charge in [0, 0.05) is 22.2 Å². The molecule has 3 rings (SSSR count). The van der Waals surface area contributed by atoms with Gasteiger partial charge < -0.3 is 10.4 Å². The van der Waals surface area contributed by atoms with E-state index in [-0.39, 0.29) is 12.3 Å². The first-order valence-electron chi connectivity index (χ1n) is 9.10. The van der Waals surface area contributed by atoms with E-state index in [0.29, 0.717) is 12.2 Å². The third kappa shape index (κ3) is 4.64. The van der Waals surface area contributed by atoms with E-state index in [9.17, 15) is 4.79 Å². The van der Waals surface area contributed by atoms with Gasteiger partial charge in [-0.1, -0.05) is 32.1 Å². The largest absolute Gasteiger partial charge is 0.481 e. The molecular weight excluding hydrogens is 370 g/mol. The van der Waals surface area contributed by atoms with E-state index in [1.807, 2.05) is 47.2 Å². The van der Waals surface area contributed by atoms with E-state index in [0.717, 1.165) is 33.9 Å². The minimum absolute atomic E-state index is 0.00923. The summed E-state index contributed by atoms with van der Waals surface area (Å²) in [5.41, 5.74) is 4.63. The summed E-state index contributed by atoms with van der Waals surface area (Å²) in [6.07, 6.45) is 2.53. The number of anilines is 2. The number of nitrogens with one attached hydrogen (secondary N) is 1. The summed E-state index contributed by atoms with van der Waals surface area (Å²) in [4.78, 5) is 20.5. The van der Waals surface area contributed by atoms with Crippen molar-refractivity contribution in [3.8, 4) is 11.4 Å². The Bertz CT molecular complexity index is 964. The summed E-state index contributed by atoms with van der Waals surface area (Å²) in [5, 5.41) is 16.4. The number of carbonyl (C=O) groups is 1. The van der Waals surface area contributed by atoms with Crippen LogP contribution in [0.3, 0.4) is 0 Å². The van der Waals surface area contributed by atoms with Gasteiger partial charge in [0.2, 0.25) is 0 Å². The molecule has 0 spiro atoms. The van der Waals surface area contributed by atoms with Crippen molar-refractivity contribution in [3.63, 3.8) is 0 Å². The number of aliphatic carboxylic acids is 1. The van der Waals surface area contributed by atoms with Gasteiger partial charge in [0.05, 0.1) is 12.1 Å². The number of rotatable bonds is 8. The summed E-state index contributed by atoms with van der Waals surface area (Å²) >= 11 is 1.61. The number of hydrogen-bond donors (Lipinski definition) is 2. The topological polar surface area (TPSA) is 75.1 Å². The standard InChI is InChI=1S/C22H23N3O2S/c1-4-5-18-20(14(2)3)24-21(16-10-11-28-13-16)25-22(18)23-17-8-6-15(7-9-17)12-19(26)27/h4,6-11,13-14H,1,5,12H2,2-3H3,(H,26,27)(H,23,24,25). The van der Waals surface area contributed by atoms with Crippen molar-refractivity contribution < 1.29 is 9.90 Å². The number of carboxylic acid groups (broad SMARTS) is 1. The smallest absolute Gasteiger partial charge is 0.307 e. The summed E-state index contributed by atoms with van der Waals surface area (Å²) in [6, 6.07) is 9.39. The Morgan fingerprint density at radius 3 is 2.57 bits per heavy atom. The fraction of sp³-hybridized carbons (Fsp3) is 0.227. The minimum Gasteiger partial charge on any atom is -0.481 e. The Labute approximate surface area is 168 Å². The van der Waals surface area contributed by atoms with Crippen molar-refractivity contribution in [1.29, 1.82) is 0 Å². The summed E-state index contributed by atoms with van der Waals surface area (Å²) in [7, 11) is 0. The summed E-state index contributed by atoms with van der Waals surface area (Å²) in [6.45, 7) is 8.12. The molecule has 0 amide bonds. The van der Waals surface area contributed by atoms with Gasteiger partial charge in [-0.15, -0.1) is 6.58 Å². The van der Waals surface area contributed by atoms with E-state index in [4.69, 9.17) is 15.1 Å². The van der Waals surface area contributed by atoms with Gasteiger partial charge in [-0.05, 0) is 41.5 Å². The highest BCUT2D eigenvalue weighted by atomic mass is 32.1. The lowest BCUT2D eigenvalue weighted by atomic mass is 10.0. The fourth-order valence-electron chi connectivity index (χ4n) is 2.97. The molecule has 0 unspecified atom stereocenters. The zero-order chi connectivity index (χ0) is 20.1. The van der Waals surface area contributed by atoms with Crippen LogP contribution < -0.4 is 5.32 Å². The zero-order valence-corrected chi connectivity index (χ0v) is 16.8. The lowest BCUT2D eigenvalue weighted by Gasteiger charge is -2.18. The van der Waals surface area contributed by atoms with Crippen molar-refractivity contribution in [1.82, 2.24) is 9.97 Å². The van der Waals surface area contributed by atoms with Crippen LogP contribution >= 0.6 is 11.3 Å². The lowest BCUT2D eigenvalue weighted by molar-refractivity contribution is -0.136. The second-order valence-corrected chi connectivity index (χ2v) is 7.59. The van der Waals surface area contributed by atoms with Crippen LogP contribution in [0.25, 0.3) is 11.4 Å². The van der Waals surface area contributed by atoms with Gasteiger partial charge in [-0.25, -0.2) is 9.97 Å². The van der Waals surface area contributed by atoms with Crippen molar-refractivity contribution in [2.24, 2.45) is 0 Å². The van der Waals surface area contributed by atoms with Crippen LogP contribution in [-0.4, -0.2) is 21.0 Å². The second kappa shape index (κ2) is 8.80. The highest BCUT2D eigenvalue weighted by molar-refractivity contribution is 7.08. The maximum atomic E-state index is 10.9. The molecule has 0 saturated carbocycles. The van der Waals surface area contributed by atoms with Crippen LogP contribution in [0.15, 0.2) is 53.7 Å². The van der Waals surface area contributed by atoms with E-state index in [2.05, 4.69) is 25.7 Å². The normalized spacial score (nSPS) is 10.8. The number of nitrogens with zero attached hydrogens (tertiary/aromatic N) is 2. The molecule has 0 bridgehead atoms. The molecule has 0 saturated heterocycles. The average molecular weight is 394 g/mol. The molecule has 0 aliphatic carbocycles. The van der Waals surface area contributed by atoms with Gasteiger partial charge in [-0.2, -0.15) is 11.3 Å². The monoisotopic (exact) mass is 393 g/mol. The molecule has 2 N–H and O–H groups in total. The minimum atomic E-state index is -0.841. The number of allylic oxidation sites excluding steroid dienone is 1. The fourth-order valence-corrected chi connectivity index (χ4v) is 3.60. The molecule has 28 heavy (non-hydrogen) atoms. The van der Waals surface area contributed by atoms with Gasteiger partial charge >= 0.3 is 5.97 Å². The van der Waals surface area contributed by atoms with E-state index in [1.54, 1.807) is 11.3 Å². The van der Waals surface area contributed by atoms with Crippen LogP contribution in [-0.2, 0) is 17.6 Å². The van der Waals surface area contributed by atoms with Gasteiger partial charge in [0.1, 0.15) is 5.82 Å². The highest BCUT2D eigenvalue weighted by Crippen LogP contribution is 2.30. The quantitative estimate of drug-likeness (QED) is 0.499. The third-order valence-electron chi connectivity index (χ3n) is 4.29. The summed E-state index contributed by atoms with van der Waals surface area (Å²) in [5.74, 6) is 0.856.